The van der Waals surface area contributed by atoms with E-state index in [1.807, 2.05) is 0 Å². The van der Waals surface area contributed by atoms with Gasteiger partial charge in [-0.2, -0.15) is 22.0 Å². The average Bonchev–Trinajstić information content (AvgIpc) is 2.43. The van der Waals surface area contributed by atoms with Gasteiger partial charge in [0.05, 0.1) is 8.81 Å². The second kappa shape index (κ2) is 4.70. The molecule has 1 aromatic heterocycles. The summed E-state index contributed by atoms with van der Waals surface area (Å²) in [5.74, 6) is -4.85. The second-order valence-corrected chi connectivity index (χ2v) is 6.48. The van der Waals surface area contributed by atoms with Crippen LogP contribution in [0.1, 0.15) is 9.70 Å². The maximum Gasteiger partial charge on any atom is 0.454 e. The summed E-state index contributed by atoms with van der Waals surface area (Å²) in [6.07, 6.45) is -5.61. The zero-order valence-electron chi connectivity index (χ0n) is 7.09. The molecule has 0 radical (unpaired) electrons. The van der Waals surface area contributed by atoms with Gasteiger partial charge in [-0.3, -0.25) is 0 Å². The zero-order valence-corrected chi connectivity index (χ0v) is 11.8. The Bertz CT molecular complexity index is 369. The van der Waals surface area contributed by atoms with Crippen LogP contribution in [-0.4, -0.2) is 12.1 Å². The smallest absolute Gasteiger partial charge is 0.195 e. The number of hydrogen-bond donors (Lipinski definition) is 0. The molecule has 0 bridgehead atoms. The van der Waals surface area contributed by atoms with Gasteiger partial charge in [0.25, 0.3) is 0 Å². The molecular formula is C7H2Br2ClF5S. The number of thiophene rings is 1. The SMILES string of the molecule is FC(F)(F)C(F)(F)C(Br)c1cc(Cl)c(Br)s1. The van der Waals surface area contributed by atoms with Crippen LogP contribution in [0.5, 0.6) is 0 Å². The molecule has 0 nitrogen and oxygen atoms in total. The highest BCUT2D eigenvalue weighted by molar-refractivity contribution is 9.11. The summed E-state index contributed by atoms with van der Waals surface area (Å²) >= 11 is 11.6. The highest BCUT2D eigenvalue weighted by Crippen LogP contribution is 2.51. The minimum absolute atomic E-state index is 0.0995. The number of halogens is 8. The van der Waals surface area contributed by atoms with Crippen LogP contribution in [-0.2, 0) is 0 Å². The van der Waals surface area contributed by atoms with Crippen LogP contribution >= 0.6 is 54.8 Å². The monoisotopic (exact) mass is 406 g/mol. The Morgan fingerprint density at radius 1 is 1.25 bits per heavy atom. The van der Waals surface area contributed by atoms with E-state index in [0.29, 0.717) is 3.79 Å². The van der Waals surface area contributed by atoms with Gasteiger partial charge in [-0.25, -0.2) is 0 Å². The normalized spacial score (nSPS) is 15.2. The van der Waals surface area contributed by atoms with E-state index in [0.717, 1.165) is 17.4 Å². The first-order chi connectivity index (χ1) is 7.07. The maximum atomic E-state index is 12.9. The minimum atomic E-state index is -5.61. The van der Waals surface area contributed by atoms with E-state index in [9.17, 15) is 22.0 Å². The highest BCUT2D eigenvalue weighted by atomic mass is 79.9. The Morgan fingerprint density at radius 2 is 1.75 bits per heavy atom. The minimum Gasteiger partial charge on any atom is -0.195 e. The van der Waals surface area contributed by atoms with Crippen molar-refractivity contribution in [1.29, 1.82) is 0 Å². The zero-order chi connectivity index (χ0) is 12.7. The molecule has 0 aliphatic carbocycles. The summed E-state index contributed by atoms with van der Waals surface area (Å²) < 4.78 is 62.3. The molecule has 1 aromatic rings. The van der Waals surface area contributed by atoms with E-state index in [-0.39, 0.29) is 9.90 Å². The predicted octanol–water partition coefficient (Wildman–Crippen LogP) is 5.80. The average molecular weight is 408 g/mol. The van der Waals surface area contributed by atoms with Gasteiger partial charge in [0.2, 0.25) is 0 Å². The van der Waals surface area contributed by atoms with Gasteiger partial charge in [-0.1, -0.05) is 27.5 Å². The van der Waals surface area contributed by atoms with Crippen LogP contribution in [0.25, 0.3) is 0 Å². The summed E-state index contributed by atoms with van der Waals surface area (Å²) in [4.78, 5) is -2.34. The summed E-state index contributed by atoms with van der Waals surface area (Å²) in [5, 5.41) is 0.0995. The summed E-state index contributed by atoms with van der Waals surface area (Å²) in [6.45, 7) is 0. The molecule has 0 N–H and O–H groups in total. The molecule has 0 saturated heterocycles. The fraction of sp³-hybridized carbons (Fsp3) is 0.429. The third-order valence-electron chi connectivity index (χ3n) is 1.61. The van der Waals surface area contributed by atoms with Crippen LogP contribution < -0.4 is 0 Å². The van der Waals surface area contributed by atoms with E-state index < -0.39 is 16.9 Å². The summed E-state index contributed by atoms with van der Waals surface area (Å²) in [7, 11) is 0. The van der Waals surface area contributed by atoms with Crippen LogP contribution in [0.15, 0.2) is 9.85 Å². The molecule has 0 fully saturated rings. The van der Waals surface area contributed by atoms with Crippen molar-refractivity contribution in [2.24, 2.45) is 0 Å². The molecule has 9 heteroatoms. The van der Waals surface area contributed by atoms with Crippen molar-refractivity contribution in [2.45, 2.75) is 16.9 Å². The number of rotatable bonds is 2. The molecule has 0 amide bonds. The molecule has 1 rings (SSSR count). The molecule has 1 unspecified atom stereocenters. The van der Waals surface area contributed by atoms with Crippen molar-refractivity contribution in [2.75, 3.05) is 0 Å². The van der Waals surface area contributed by atoms with Gasteiger partial charge >= 0.3 is 12.1 Å². The Labute approximate surface area is 113 Å². The van der Waals surface area contributed by atoms with Crippen LogP contribution in [0.3, 0.4) is 0 Å². The third kappa shape index (κ3) is 2.70. The summed E-state index contributed by atoms with van der Waals surface area (Å²) in [5.41, 5.74) is 0. The Hall–Kier alpha value is 0.600. The Kier molecular flexibility index (Phi) is 4.31. The van der Waals surface area contributed by atoms with Crippen molar-refractivity contribution in [3.63, 3.8) is 0 Å². The third-order valence-corrected chi connectivity index (χ3v) is 5.52. The van der Waals surface area contributed by atoms with Crippen LogP contribution in [0.2, 0.25) is 5.02 Å². The lowest BCUT2D eigenvalue weighted by molar-refractivity contribution is -0.281. The van der Waals surface area contributed by atoms with Crippen molar-refractivity contribution in [1.82, 2.24) is 0 Å². The standard InChI is InChI=1S/C7H2Br2ClF5S/c8-4(6(11,12)7(13,14)15)3-1-2(10)5(9)16-3/h1,4H. The van der Waals surface area contributed by atoms with E-state index in [1.54, 1.807) is 0 Å². The molecule has 1 atom stereocenters. The van der Waals surface area contributed by atoms with Gasteiger partial charge in [-0.15, -0.1) is 11.3 Å². The lowest BCUT2D eigenvalue weighted by Gasteiger charge is -2.23. The first kappa shape index (κ1) is 14.7. The molecule has 0 spiro atoms. The largest absolute Gasteiger partial charge is 0.454 e. The molecule has 0 saturated carbocycles. The quantitative estimate of drug-likeness (QED) is 0.429. The van der Waals surface area contributed by atoms with Gasteiger partial charge in [0.1, 0.15) is 4.83 Å². The van der Waals surface area contributed by atoms with Crippen molar-refractivity contribution in [3.8, 4) is 0 Å². The van der Waals surface area contributed by atoms with Crippen molar-refractivity contribution in [3.05, 3.63) is 19.8 Å². The van der Waals surface area contributed by atoms with Gasteiger partial charge in [0.15, 0.2) is 0 Å². The topological polar surface area (TPSA) is 0 Å². The molecule has 0 aromatic carbocycles. The molecule has 92 valence electrons. The Morgan fingerprint density at radius 3 is 2.06 bits per heavy atom. The van der Waals surface area contributed by atoms with Crippen molar-refractivity contribution < 1.29 is 22.0 Å². The van der Waals surface area contributed by atoms with Crippen molar-refractivity contribution >= 4 is 54.8 Å². The number of alkyl halides is 6. The highest BCUT2D eigenvalue weighted by Gasteiger charge is 2.62. The second-order valence-electron chi connectivity index (χ2n) is 2.75. The van der Waals surface area contributed by atoms with Gasteiger partial charge < -0.3 is 0 Å². The molecule has 1 heterocycles. The first-order valence-electron chi connectivity index (χ1n) is 3.60. The fourth-order valence-corrected chi connectivity index (χ4v) is 3.25. The van der Waals surface area contributed by atoms with E-state index in [1.165, 1.54) is 0 Å². The lowest BCUT2D eigenvalue weighted by atomic mass is 10.2. The number of hydrogen-bond acceptors (Lipinski definition) is 1. The predicted molar refractivity (Wildman–Crippen MR) is 59.7 cm³/mol. The fourth-order valence-electron chi connectivity index (χ4n) is 0.811. The molecule has 0 aliphatic rings. The lowest BCUT2D eigenvalue weighted by Crippen LogP contribution is -2.39. The van der Waals surface area contributed by atoms with Crippen LogP contribution in [0.4, 0.5) is 22.0 Å². The molecular weight excluding hydrogens is 406 g/mol. The van der Waals surface area contributed by atoms with Gasteiger partial charge in [0, 0.05) is 4.88 Å². The molecule has 0 aliphatic heterocycles. The summed E-state index contributed by atoms with van der Waals surface area (Å²) in [6, 6.07) is 1.06. The van der Waals surface area contributed by atoms with E-state index in [2.05, 4.69) is 31.9 Å². The maximum absolute atomic E-state index is 12.9. The Balaban J connectivity index is 3.07. The van der Waals surface area contributed by atoms with Crippen LogP contribution in [0, 0.1) is 0 Å². The van der Waals surface area contributed by atoms with E-state index >= 15 is 0 Å². The first-order valence-corrected chi connectivity index (χ1v) is 6.51. The van der Waals surface area contributed by atoms with E-state index in [4.69, 9.17) is 11.6 Å². The van der Waals surface area contributed by atoms with Gasteiger partial charge in [-0.05, 0) is 22.0 Å². The molecule has 16 heavy (non-hydrogen) atoms.